The standard InChI is InChI=1S/2C10H14O4.C8H18O5.C8H14O3/c2*1-7(2)9(11)13-5-6-14-10(12)8(3)4;9-1-3-11-5-7-13-8-6-12-4-2-10;1-3-9-5-7-11-8-6-10-4-2/h2*1,3,5-6H2,2,4H3;9-10H,1-8H2;3-4H,1-2,5-8H2. The third-order valence-corrected chi connectivity index (χ3v) is 4.64. The second-order valence-corrected chi connectivity index (χ2v) is 9.64. The maximum absolute atomic E-state index is 10.8. The lowest BCUT2D eigenvalue weighted by atomic mass is 10.4. The normalized spacial score (nSPS) is 9.35. The summed E-state index contributed by atoms with van der Waals surface area (Å²) in [6.07, 6.45) is 2.78. The van der Waals surface area contributed by atoms with Crippen molar-refractivity contribution in [2.24, 2.45) is 0 Å². The molecule has 0 aliphatic rings. The first-order chi connectivity index (χ1) is 24.7. The van der Waals surface area contributed by atoms with Gasteiger partial charge in [0, 0.05) is 22.3 Å². The molecule has 0 bridgehead atoms. The van der Waals surface area contributed by atoms with Crippen molar-refractivity contribution in [1.29, 1.82) is 0 Å². The fourth-order valence-electron chi connectivity index (χ4n) is 2.18. The van der Waals surface area contributed by atoms with Gasteiger partial charge in [-0.1, -0.05) is 39.5 Å². The van der Waals surface area contributed by atoms with Crippen molar-refractivity contribution in [2.45, 2.75) is 27.7 Å². The highest BCUT2D eigenvalue weighted by atomic mass is 16.6. The van der Waals surface area contributed by atoms with E-state index in [2.05, 4.69) is 58.4 Å². The Kier molecular flexibility index (Phi) is 44.9. The molecule has 0 fully saturated rings. The lowest BCUT2D eigenvalue weighted by Gasteiger charge is -2.05. The summed E-state index contributed by atoms with van der Waals surface area (Å²) < 4.78 is 48.5. The molecule has 0 aliphatic heterocycles. The minimum Gasteiger partial charge on any atom is -0.499 e. The van der Waals surface area contributed by atoms with E-state index in [4.69, 9.17) is 38.6 Å². The molecular weight excluding hydrogens is 688 g/mol. The van der Waals surface area contributed by atoms with Crippen LogP contribution in [0.15, 0.2) is 74.3 Å². The zero-order chi connectivity index (χ0) is 40.4. The summed E-state index contributed by atoms with van der Waals surface area (Å²) >= 11 is 0. The summed E-state index contributed by atoms with van der Waals surface area (Å²) in [5.41, 5.74) is 1.26. The number of esters is 4. The van der Waals surface area contributed by atoms with Gasteiger partial charge in [0.1, 0.15) is 39.6 Å². The smallest absolute Gasteiger partial charge is 0.333 e. The second-order valence-electron chi connectivity index (χ2n) is 9.64. The van der Waals surface area contributed by atoms with Crippen LogP contribution in [-0.2, 0) is 66.5 Å². The average Bonchev–Trinajstić information content (AvgIpc) is 3.11. The number of hydrogen-bond donors (Lipinski definition) is 2. The van der Waals surface area contributed by atoms with E-state index in [1.54, 1.807) is 27.7 Å². The van der Waals surface area contributed by atoms with Crippen LogP contribution in [0.3, 0.4) is 0 Å². The van der Waals surface area contributed by atoms with Gasteiger partial charge in [0.25, 0.3) is 0 Å². The topological polar surface area (TPSA) is 201 Å². The van der Waals surface area contributed by atoms with Crippen molar-refractivity contribution >= 4 is 23.9 Å². The number of ether oxygens (including phenoxy) is 10. The lowest BCUT2D eigenvalue weighted by molar-refractivity contribution is -0.147. The molecule has 0 aromatic heterocycles. The van der Waals surface area contributed by atoms with E-state index >= 15 is 0 Å². The monoisotopic (exact) mass is 748 g/mol. The summed E-state index contributed by atoms with van der Waals surface area (Å²) in [5, 5.41) is 16.7. The number of rotatable bonds is 28. The molecule has 0 radical (unpaired) electrons. The summed E-state index contributed by atoms with van der Waals surface area (Å²) in [5.74, 6) is -1.96. The predicted molar refractivity (Wildman–Crippen MR) is 193 cm³/mol. The molecule has 0 amide bonds. The van der Waals surface area contributed by atoms with Gasteiger partial charge in [-0.25, -0.2) is 19.2 Å². The average molecular weight is 749 g/mol. The van der Waals surface area contributed by atoms with Crippen LogP contribution < -0.4 is 0 Å². The Morgan fingerprint density at radius 1 is 0.404 bits per heavy atom. The van der Waals surface area contributed by atoms with Crippen LogP contribution in [0.1, 0.15) is 27.7 Å². The number of carbonyl (C=O) groups excluding carboxylic acids is 4. The summed E-state index contributed by atoms with van der Waals surface area (Å²) in [4.78, 5) is 43.4. The SMILES string of the molecule is C=C(C)C(=O)OCCOC(=O)C(=C)C.C=C(C)C(=O)OCCOC(=O)C(=C)C.C=COCCOCCOC=C.OCCOCCOCCOCCO. The van der Waals surface area contributed by atoms with E-state index < -0.39 is 23.9 Å². The molecule has 52 heavy (non-hydrogen) atoms. The van der Waals surface area contributed by atoms with Crippen LogP contribution in [0.5, 0.6) is 0 Å². The quantitative estimate of drug-likeness (QED) is 0.0389. The molecule has 0 rings (SSSR count). The Morgan fingerprint density at radius 2 is 0.615 bits per heavy atom. The second kappa shape index (κ2) is 42.8. The first-order valence-corrected chi connectivity index (χ1v) is 16.0. The maximum atomic E-state index is 10.8. The zero-order valence-corrected chi connectivity index (χ0v) is 31.3. The number of aliphatic hydroxyl groups is 2. The van der Waals surface area contributed by atoms with Crippen molar-refractivity contribution in [3.05, 3.63) is 74.3 Å². The highest BCUT2D eigenvalue weighted by Gasteiger charge is 2.06. The van der Waals surface area contributed by atoms with Crippen molar-refractivity contribution in [2.75, 3.05) is 106 Å². The van der Waals surface area contributed by atoms with E-state index in [-0.39, 0.29) is 39.6 Å². The molecule has 0 aromatic carbocycles. The minimum absolute atomic E-state index is 0.0325. The highest BCUT2D eigenvalue weighted by Crippen LogP contribution is 1.96. The molecule has 0 heterocycles. The van der Waals surface area contributed by atoms with Crippen LogP contribution in [0, 0.1) is 0 Å². The van der Waals surface area contributed by atoms with E-state index in [0.29, 0.717) is 88.4 Å². The van der Waals surface area contributed by atoms with E-state index in [1.807, 2.05) is 0 Å². The molecule has 0 aromatic rings. The van der Waals surface area contributed by atoms with Gasteiger partial charge < -0.3 is 57.6 Å². The molecule has 0 aliphatic carbocycles. The predicted octanol–water partition coefficient (Wildman–Crippen LogP) is 2.79. The van der Waals surface area contributed by atoms with Crippen molar-refractivity contribution in [3.63, 3.8) is 0 Å². The van der Waals surface area contributed by atoms with Crippen LogP contribution in [0.4, 0.5) is 0 Å². The van der Waals surface area contributed by atoms with Crippen LogP contribution in [0.2, 0.25) is 0 Å². The molecule has 0 unspecified atom stereocenters. The highest BCUT2D eigenvalue weighted by molar-refractivity contribution is 5.88. The number of hydrogen-bond acceptors (Lipinski definition) is 16. The van der Waals surface area contributed by atoms with Gasteiger partial charge in [-0.3, -0.25) is 0 Å². The van der Waals surface area contributed by atoms with Crippen LogP contribution in [-0.4, -0.2) is 140 Å². The van der Waals surface area contributed by atoms with Gasteiger partial charge in [-0.15, -0.1) is 0 Å². The molecule has 0 spiro atoms. The van der Waals surface area contributed by atoms with E-state index in [0.717, 1.165) is 0 Å². The molecule has 0 saturated heterocycles. The van der Waals surface area contributed by atoms with Gasteiger partial charge in [0.2, 0.25) is 0 Å². The lowest BCUT2D eigenvalue weighted by Crippen LogP contribution is -2.14. The van der Waals surface area contributed by atoms with Crippen LogP contribution in [0.25, 0.3) is 0 Å². The largest absolute Gasteiger partial charge is 0.499 e. The Hall–Kier alpha value is -4.32. The fraction of sp³-hybridized carbons (Fsp3) is 0.556. The van der Waals surface area contributed by atoms with Gasteiger partial charge >= 0.3 is 23.9 Å². The van der Waals surface area contributed by atoms with Gasteiger partial charge in [0.15, 0.2) is 0 Å². The molecule has 0 atom stereocenters. The molecule has 16 nitrogen and oxygen atoms in total. The molecule has 0 saturated carbocycles. The first-order valence-electron chi connectivity index (χ1n) is 16.0. The Balaban J connectivity index is -0.000000297. The molecular formula is C36H60O16. The van der Waals surface area contributed by atoms with Gasteiger partial charge in [0.05, 0.1) is 78.6 Å². The third kappa shape index (κ3) is 47.8. The van der Waals surface area contributed by atoms with E-state index in [1.165, 1.54) is 12.5 Å². The van der Waals surface area contributed by atoms with Gasteiger partial charge in [-0.2, -0.15) is 0 Å². The Labute approximate surface area is 308 Å². The fourth-order valence-corrected chi connectivity index (χ4v) is 2.18. The number of carbonyl (C=O) groups is 4. The Bertz CT molecular complexity index is 888. The number of aliphatic hydroxyl groups excluding tert-OH is 2. The molecule has 300 valence electrons. The minimum atomic E-state index is -0.489. The summed E-state index contributed by atoms with van der Waals surface area (Å²) in [6.45, 7) is 31.7. The van der Waals surface area contributed by atoms with E-state index in [9.17, 15) is 19.2 Å². The van der Waals surface area contributed by atoms with Crippen molar-refractivity contribution in [3.8, 4) is 0 Å². The zero-order valence-electron chi connectivity index (χ0n) is 31.3. The molecule has 2 N–H and O–H groups in total. The molecule has 16 heteroatoms. The first kappa shape index (κ1) is 54.5. The van der Waals surface area contributed by atoms with Crippen molar-refractivity contribution in [1.82, 2.24) is 0 Å². The maximum Gasteiger partial charge on any atom is 0.333 e. The summed E-state index contributed by atoms with van der Waals surface area (Å²) in [7, 11) is 0. The Morgan fingerprint density at radius 3 is 0.808 bits per heavy atom. The van der Waals surface area contributed by atoms with Gasteiger partial charge in [-0.05, 0) is 27.7 Å². The van der Waals surface area contributed by atoms with Crippen molar-refractivity contribution < 1.29 is 76.8 Å². The van der Waals surface area contributed by atoms with Crippen LogP contribution >= 0.6 is 0 Å². The summed E-state index contributed by atoms with van der Waals surface area (Å²) in [6, 6.07) is 0. The third-order valence-electron chi connectivity index (χ3n) is 4.64.